The molecule has 0 saturated carbocycles. The highest BCUT2D eigenvalue weighted by Crippen LogP contribution is 2.25. The van der Waals surface area contributed by atoms with Gasteiger partial charge in [0.1, 0.15) is 12.4 Å². The number of rotatable bonds is 1. The van der Waals surface area contributed by atoms with E-state index in [0.717, 1.165) is 5.56 Å². The van der Waals surface area contributed by atoms with Crippen LogP contribution in [0.25, 0.3) is 0 Å². The molecule has 14 heavy (non-hydrogen) atoms. The van der Waals surface area contributed by atoms with Crippen LogP contribution < -0.4 is 4.74 Å². The maximum atomic E-state index is 10.6. The van der Waals surface area contributed by atoms with E-state index < -0.39 is 5.97 Å². The molecule has 2 rings (SSSR count). The third kappa shape index (κ3) is 1.54. The highest BCUT2D eigenvalue weighted by Gasteiger charge is 2.17. The van der Waals surface area contributed by atoms with E-state index in [1.165, 1.54) is 12.1 Å². The standard InChI is InChI=1S/C9H6O4S/c10-8(11)5-1-2-6-4-12-9(14)13-7(6)3-5/h1-3H,4H2,(H,10,11). The molecule has 5 heteroatoms. The second-order valence-electron chi connectivity index (χ2n) is 2.77. The summed E-state index contributed by atoms with van der Waals surface area (Å²) in [6.45, 7) is 0.327. The molecule has 0 saturated heterocycles. The Morgan fingerprint density at radius 3 is 3.00 bits per heavy atom. The van der Waals surface area contributed by atoms with E-state index in [0.29, 0.717) is 12.4 Å². The predicted octanol–water partition coefficient (Wildman–Crippen LogP) is 1.58. The van der Waals surface area contributed by atoms with Crippen molar-refractivity contribution in [3.8, 4) is 5.75 Å². The van der Waals surface area contributed by atoms with Gasteiger partial charge in [0.15, 0.2) is 0 Å². The van der Waals surface area contributed by atoms with E-state index in [4.69, 9.17) is 26.8 Å². The SMILES string of the molecule is O=C(O)c1ccc2c(c1)OC(=S)OC2. The highest BCUT2D eigenvalue weighted by molar-refractivity contribution is 7.79. The second kappa shape index (κ2) is 3.26. The Balaban J connectivity index is 2.42. The van der Waals surface area contributed by atoms with E-state index in [9.17, 15) is 4.79 Å². The zero-order chi connectivity index (χ0) is 10.1. The van der Waals surface area contributed by atoms with Crippen LogP contribution in [0.15, 0.2) is 18.2 Å². The van der Waals surface area contributed by atoms with Gasteiger partial charge in [0.2, 0.25) is 0 Å². The summed E-state index contributed by atoms with van der Waals surface area (Å²) in [5.74, 6) is -0.532. The molecule has 1 aliphatic heterocycles. The largest absolute Gasteiger partial charge is 0.478 e. The maximum absolute atomic E-state index is 10.6. The van der Waals surface area contributed by atoms with Crippen LogP contribution in [-0.4, -0.2) is 16.3 Å². The molecule has 1 N–H and O–H groups in total. The van der Waals surface area contributed by atoms with Crippen molar-refractivity contribution in [1.29, 1.82) is 0 Å². The monoisotopic (exact) mass is 210 g/mol. The van der Waals surface area contributed by atoms with Gasteiger partial charge in [-0.05, 0) is 12.1 Å². The summed E-state index contributed by atoms with van der Waals surface area (Å²) < 4.78 is 10.0. The molecule has 0 atom stereocenters. The fourth-order valence-corrected chi connectivity index (χ4v) is 1.31. The molecule has 0 aliphatic carbocycles. The number of carboxylic acid groups (broad SMARTS) is 1. The van der Waals surface area contributed by atoms with Crippen molar-refractivity contribution in [2.24, 2.45) is 0 Å². The Morgan fingerprint density at radius 2 is 2.29 bits per heavy atom. The summed E-state index contributed by atoms with van der Waals surface area (Å²) in [6.07, 6.45) is 0. The first-order chi connectivity index (χ1) is 6.66. The summed E-state index contributed by atoms with van der Waals surface area (Å²) in [5, 5.41) is 8.76. The minimum Gasteiger partial charge on any atom is -0.478 e. The molecule has 4 nitrogen and oxygen atoms in total. The lowest BCUT2D eigenvalue weighted by molar-refractivity contribution is 0.0696. The molecule has 0 fully saturated rings. The van der Waals surface area contributed by atoms with E-state index in [1.54, 1.807) is 6.07 Å². The predicted molar refractivity (Wildman–Crippen MR) is 51.4 cm³/mol. The minimum atomic E-state index is -0.992. The van der Waals surface area contributed by atoms with Gasteiger partial charge in [-0.15, -0.1) is 0 Å². The number of aromatic carboxylic acids is 1. The zero-order valence-corrected chi connectivity index (χ0v) is 7.84. The molecule has 0 unspecified atom stereocenters. The molecule has 1 aliphatic rings. The van der Waals surface area contributed by atoms with Gasteiger partial charge < -0.3 is 14.6 Å². The Hall–Kier alpha value is -1.62. The maximum Gasteiger partial charge on any atom is 0.358 e. The molecule has 0 spiro atoms. The van der Waals surface area contributed by atoms with Crippen molar-refractivity contribution in [2.45, 2.75) is 6.61 Å². The summed E-state index contributed by atoms with van der Waals surface area (Å²) in [6, 6.07) is 4.59. The molecular formula is C9H6O4S. The number of carboxylic acids is 1. The Kier molecular flexibility index (Phi) is 2.09. The average Bonchev–Trinajstić information content (AvgIpc) is 2.16. The number of fused-ring (bicyclic) bond motifs is 1. The Morgan fingerprint density at radius 1 is 1.50 bits per heavy atom. The minimum absolute atomic E-state index is 0.0278. The first-order valence-corrected chi connectivity index (χ1v) is 4.28. The van der Waals surface area contributed by atoms with Gasteiger partial charge in [0.05, 0.1) is 5.56 Å². The quantitative estimate of drug-likeness (QED) is 0.713. The van der Waals surface area contributed by atoms with E-state index in [1.807, 2.05) is 0 Å². The van der Waals surface area contributed by atoms with Gasteiger partial charge in [-0.3, -0.25) is 0 Å². The van der Waals surface area contributed by atoms with Crippen LogP contribution in [0.4, 0.5) is 0 Å². The molecule has 0 radical (unpaired) electrons. The third-order valence-corrected chi connectivity index (χ3v) is 2.05. The van der Waals surface area contributed by atoms with Crippen LogP contribution in [-0.2, 0) is 11.3 Å². The number of hydrogen-bond acceptors (Lipinski definition) is 4. The van der Waals surface area contributed by atoms with Crippen molar-refractivity contribution in [3.05, 3.63) is 29.3 Å². The van der Waals surface area contributed by atoms with Crippen molar-refractivity contribution in [1.82, 2.24) is 0 Å². The fraction of sp³-hybridized carbons (Fsp3) is 0.111. The van der Waals surface area contributed by atoms with Gasteiger partial charge in [-0.2, -0.15) is 0 Å². The normalized spacial score (nSPS) is 13.9. The smallest absolute Gasteiger partial charge is 0.358 e. The van der Waals surface area contributed by atoms with Crippen molar-refractivity contribution < 1.29 is 19.4 Å². The van der Waals surface area contributed by atoms with E-state index in [2.05, 4.69) is 0 Å². The number of carbonyl (C=O) groups is 1. The zero-order valence-electron chi connectivity index (χ0n) is 7.02. The first kappa shape index (κ1) is 8.96. The third-order valence-electron chi connectivity index (χ3n) is 1.85. The molecule has 0 bridgehead atoms. The lowest BCUT2D eigenvalue weighted by Crippen LogP contribution is -2.17. The van der Waals surface area contributed by atoms with Crippen molar-refractivity contribution >= 4 is 23.4 Å². The van der Waals surface area contributed by atoms with Gasteiger partial charge in [-0.1, -0.05) is 6.07 Å². The lowest BCUT2D eigenvalue weighted by atomic mass is 10.1. The summed E-state index contributed by atoms with van der Waals surface area (Å²) >= 11 is 4.70. The fourth-order valence-electron chi connectivity index (χ4n) is 1.16. The summed E-state index contributed by atoms with van der Waals surface area (Å²) in [7, 11) is 0. The molecular weight excluding hydrogens is 204 g/mol. The summed E-state index contributed by atoms with van der Waals surface area (Å²) in [4.78, 5) is 10.6. The van der Waals surface area contributed by atoms with Gasteiger partial charge in [0, 0.05) is 17.8 Å². The Labute approximate surface area is 85.1 Å². The second-order valence-corrected chi connectivity index (χ2v) is 3.10. The van der Waals surface area contributed by atoms with Crippen LogP contribution >= 0.6 is 12.2 Å². The number of benzene rings is 1. The molecule has 1 aromatic rings. The number of thiocarbonyl (C=S) groups is 1. The van der Waals surface area contributed by atoms with Crippen LogP contribution in [0.3, 0.4) is 0 Å². The highest BCUT2D eigenvalue weighted by atomic mass is 32.1. The average molecular weight is 210 g/mol. The van der Waals surface area contributed by atoms with Crippen molar-refractivity contribution in [3.63, 3.8) is 0 Å². The first-order valence-electron chi connectivity index (χ1n) is 3.87. The van der Waals surface area contributed by atoms with E-state index >= 15 is 0 Å². The van der Waals surface area contributed by atoms with Crippen LogP contribution in [0.2, 0.25) is 0 Å². The summed E-state index contributed by atoms with van der Waals surface area (Å²) in [5.41, 5.74) is 0.969. The number of ether oxygens (including phenoxy) is 2. The van der Waals surface area contributed by atoms with E-state index in [-0.39, 0.29) is 10.8 Å². The molecule has 1 aromatic carbocycles. The van der Waals surface area contributed by atoms with Crippen LogP contribution in [0.1, 0.15) is 15.9 Å². The molecule has 72 valence electrons. The van der Waals surface area contributed by atoms with Crippen LogP contribution in [0, 0.1) is 0 Å². The van der Waals surface area contributed by atoms with Gasteiger partial charge >= 0.3 is 11.2 Å². The Bertz CT molecular complexity index is 413. The van der Waals surface area contributed by atoms with Crippen LogP contribution in [0.5, 0.6) is 5.75 Å². The molecule has 0 aromatic heterocycles. The van der Waals surface area contributed by atoms with Crippen molar-refractivity contribution in [2.75, 3.05) is 0 Å². The van der Waals surface area contributed by atoms with Gasteiger partial charge in [-0.25, -0.2) is 4.79 Å². The molecule has 0 amide bonds. The van der Waals surface area contributed by atoms with Gasteiger partial charge in [0.25, 0.3) is 0 Å². The molecule has 1 heterocycles. The topological polar surface area (TPSA) is 55.8 Å². The number of hydrogen-bond donors (Lipinski definition) is 1. The lowest BCUT2D eigenvalue weighted by Gasteiger charge is -2.18.